The summed E-state index contributed by atoms with van der Waals surface area (Å²) in [5.41, 5.74) is 4.78. The van der Waals surface area contributed by atoms with Crippen LogP contribution in [0.4, 0.5) is 0 Å². The number of benzene rings is 1. The van der Waals surface area contributed by atoms with Crippen molar-refractivity contribution in [3.05, 3.63) is 29.3 Å². The molecule has 0 aromatic heterocycles. The number of halogens is 1. The van der Waals surface area contributed by atoms with Crippen LogP contribution in [-0.2, 0) is 14.8 Å². The molecule has 4 N–H and O–H groups in total. The van der Waals surface area contributed by atoms with Gasteiger partial charge in [0.25, 0.3) is 0 Å². The number of amides is 1. The Kier molecular flexibility index (Phi) is 4.47. The molecule has 1 aromatic carbocycles. The van der Waals surface area contributed by atoms with Gasteiger partial charge in [0, 0.05) is 6.54 Å². The minimum atomic E-state index is -3.87. The first-order chi connectivity index (χ1) is 7.84. The molecule has 6 nitrogen and oxygen atoms in total. The molecule has 0 saturated heterocycles. The Hall–Kier alpha value is -1.15. The molecule has 1 unspecified atom stereocenters. The van der Waals surface area contributed by atoms with Crippen molar-refractivity contribution < 1.29 is 18.3 Å². The Morgan fingerprint density at radius 2 is 2.06 bits per heavy atom. The summed E-state index contributed by atoms with van der Waals surface area (Å²) in [5.74, 6) is -1.01. The highest BCUT2D eigenvalue weighted by Gasteiger charge is 2.20. The number of carbonyl (C=O) groups excluding carboxylic acids is 1. The van der Waals surface area contributed by atoms with Gasteiger partial charge in [-0.2, -0.15) is 0 Å². The van der Waals surface area contributed by atoms with Gasteiger partial charge in [0.15, 0.2) is 0 Å². The lowest BCUT2D eigenvalue weighted by atomic mass is 10.3. The molecule has 0 aliphatic rings. The van der Waals surface area contributed by atoms with Gasteiger partial charge >= 0.3 is 0 Å². The largest absolute Gasteiger partial charge is 0.382 e. The molecule has 0 spiro atoms. The van der Waals surface area contributed by atoms with Gasteiger partial charge in [0.1, 0.15) is 11.0 Å². The maximum atomic E-state index is 11.7. The van der Waals surface area contributed by atoms with E-state index in [1.54, 1.807) is 6.07 Å². The molecular weight excluding hydrogens is 268 g/mol. The van der Waals surface area contributed by atoms with Crippen molar-refractivity contribution in [3.8, 4) is 0 Å². The minimum Gasteiger partial charge on any atom is -0.382 e. The molecule has 0 aliphatic heterocycles. The third-order valence-electron chi connectivity index (χ3n) is 1.92. The van der Waals surface area contributed by atoms with Crippen molar-refractivity contribution in [2.45, 2.75) is 11.0 Å². The molecule has 0 fully saturated rings. The maximum Gasteiger partial charge on any atom is 0.247 e. The van der Waals surface area contributed by atoms with Crippen molar-refractivity contribution in [2.75, 3.05) is 6.54 Å². The molecule has 0 bridgehead atoms. The standard InChI is InChI=1S/C9H11ClN2O4S/c10-6-3-1-2-4-8(6)17(15,16)12-5-7(13)9(11)14/h1-4,7,12-13H,5H2,(H2,11,14). The average molecular weight is 279 g/mol. The summed E-state index contributed by atoms with van der Waals surface area (Å²) < 4.78 is 25.5. The quantitative estimate of drug-likeness (QED) is 0.672. The van der Waals surface area contributed by atoms with E-state index in [-0.39, 0.29) is 9.92 Å². The van der Waals surface area contributed by atoms with Gasteiger partial charge in [-0.05, 0) is 12.1 Å². The van der Waals surface area contributed by atoms with Crippen molar-refractivity contribution in [2.24, 2.45) is 5.73 Å². The van der Waals surface area contributed by atoms with E-state index < -0.39 is 28.6 Å². The lowest BCUT2D eigenvalue weighted by Crippen LogP contribution is -2.39. The Bertz CT molecular complexity index is 517. The Labute approximate surface area is 103 Å². The molecule has 1 rings (SSSR count). The van der Waals surface area contributed by atoms with Crippen molar-refractivity contribution in [1.82, 2.24) is 4.72 Å². The fourth-order valence-electron chi connectivity index (χ4n) is 1.03. The second-order valence-electron chi connectivity index (χ2n) is 3.20. The Morgan fingerprint density at radius 3 is 2.59 bits per heavy atom. The molecule has 94 valence electrons. The van der Waals surface area contributed by atoms with Crippen LogP contribution in [0.5, 0.6) is 0 Å². The zero-order valence-electron chi connectivity index (χ0n) is 8.63. The molecule has 8 heteroatoms. The number of rotatable bonds is 5. The number of primary amides is 1. The van der Waals surface area contributed by atoms with E-state index in [1.165, 1.54) is 18.2 Å². The van der Waals surface area contributed by atoms with Gasteiger partial charge in [-0.3, -0.25) is 4.79 Å². The van der Waals surface area contributed by atoms with E-state index in [2.05, 4.69) is 0 Å². The lowest BCUT2D eigenvalue weighted by molar-refractivity contribution is -0.125. The molecule has 0 saturated carbocycles. The average Bonchev–Trinajstić information content (AvgIpc) is 2.26. The monoisotopic (exact) mass is 278 g/mol. The second kappa shape index (κ2) is 5.46. The fraction of sp³-hybridized carbons (Fsp3) is 0.222. The molecule has 1 aromatic rings. The predicted octanol–water partition coefficient (Wildman–Crippen LogP) is -0.535. The van der Waals surface area contributed by atoms with Crippen molar-refractivity contribution in [3.63, 3.8) is 0 Å². The van der Waals surface area contributed by atoms with Crippen LogP contribution in [0.1, 0.15) is 0 Å². The van der Waals surface area contributed by atoms with Gasteiger partial charge in [-0.15, -0.1) is 0 Å². The number of nitrogens with two attached hydrogens (primary N) is 1. The lowest BCUT2D eigenvalue weighted by Gasteiger charge is -2.10. The normalized spacial score (nSPS) is 13.3. The number of hydrogen-bond donors (Lipinski definition) is 3. The molecule has 1 atom stereocenters. The SMILES string of the molecule is NC(=O)C(O)CNS(=O)(=O)c1ccccc1Cl. The predicted molar refractivity (Wildman–Crippen MR) is 61.8 cm³/mol. The molecule has 0 radical (unpaired) electrons. The number of nitrogens with one attached hydrogen (secondary N) is 1. The van der Waals surface area contributed by atoms with Gasteiger partial charge in [0.05, 0.1) is 5.02 Å². The van der Waals surface area contributed by atoms with Crippen LogP contribution in [0, 0.1) is 0 Å². The van der Waals surface area contributed by atoms with Gasteiger partial charge < -0.3 is 10.8 Å². The van der Waals surface area contributed by atoms with Crippen LogP contribution in [-0.4, -0.2) is 32.1 Å². The summed E-state index contributed by atoms with van der Waals surface area (Å²) in [7, 11) is -3.87. The second-order valence-corrected chi connectivity index (χ2v) is 5.34. The number of sulfonamides is 1. The summed E-state index contributed by atoms with van der Waals surface area (Å²) in [4.78, 5) is 10.4. The van der Waals surface area contributed by atoms with Crippen LogP contribution in [0.15, 0.2) is 29.2 Å². The highest BCUT2D eigenvalue weighted by atomic mass is 35.5. The first-order valence-electron chi connectivity index (χ1n) is 4.56. The van der Waals surface area contributed by atoms with E-state index in [4.69, 9.17) is 22.4 Å². The summed E-state index contributed by atoms with van der Waals surface area (Å²) >= 11 is 5.71. The van der Waals surface area contributed by atoms with E-state index in [0.717, 1.165) is 0 Å². The van der Waals surface area contributed by atoms with Crippen LogP contribution < -0.4 is 10.5 Å². The number of carbonyl (C=O) groups is 1. The van der Waals surface area contributed by atoms with Gasteiger partial charge in [-0.1, -0.05) is 23.7 Å². The number of aliphatic hydroxyl groups is 1. The Morgan fingerprint density at radius 1 is 1.47 bits per heavy atom. The molecule has 0 aliphatic carbocycles. The van der Waals surface area contributed by atoms with Crippen LogP contribution in [0.3, 0.4) is 0 Å². The number of hydrogen-bond acceptors (Lipinski definition) is 4. The smallest absolute Gasteiger partial charge is 0.247 e. The third-order valence-corrected chi connectivity index (χ3v) is 3.84. The van der Waals surface area contributed by atoms with Crippen LogP contribution >= 0.6 is 11.6 Å². The summed E-state index contributed by atoms with van der Waals surface area (Å²) in [6.45, 7) is -0.497. The first kappa shape index (κ1) is 13.9. The molecule has 1 amide bonds. The zero-order chi connectivity index (χ0) is 13.1. The molecular formula is C9H11ClN2O4S. The van der Waals surface area contributed by atoms with E-state index in [9.17, 15) is 13.2 Å². The third kappa shape index (κ3) is 3.67. The summed E-state index contributed by atoms with van der Waals surface area (Å²) in [5, 5.41) is 9.12. The Balaban J connectivity index is 2.84. The van der Waals surface area contributed by atoms with E-state index in [0.29, 0.717) is 0 Å². The fourth-order valence-corrected chi connectivity index (χ4v) is 2.59. The van der Waals surface area contributed by atoms with E-state index >= 15 is 0 Å². The van der Waals surface area contributed by atoms with Crippen molar-refractivity contribution in [1.29, 1.82) is 0 Å². The van der Waals surface area contributed by atoms with Crippen molar-refractivity contribution >= 4 is 27.5 Å². The number of aliphatic hydroxyl groups excluding tert-OH is 1. The highest BCUT2D eigenvalue weighted by Crippen LogP contribution is 2.19. The molecule has 0 heterocycles. The van der Waals surface area contributed by atoms with E-state index in [1.807, 2.05) is 4.72 Å². The van der Waals surface area contributed by atoms with Crippen LogP contribution in [0.2, 0.25) is 5.02 Å². The van der Waals surface area contributed by atoms with Crippen LogP contribution in [0.25, 0.3) is 0 Å². The van der Waals surface area contributed by atoms with Gasteiger partial charge in [0.2, 0.25) is 15.9 Å². The maximum absolute atomic E-state index is 11.7. The molecule has 17 heavy (non-hydrogen) atoms. The minimum absolute atomic E-state index is 0.0496. The zero-order valence-corrected chi connectivity index (χ0v) is 10.2. The summed E-state index contributed by atoms with van der Waals surface area (Å²) in [6.07, 6.45) is -1.58. The topological polar surface area (TPSA) is 109 Å². The van der Waals surface area contributed by atoms with Gasteiger partial charge in [-0.25, -0.2) is 13.1 Å². The highest BCUT2D eigenvalue weighted by molar-refractivity contribution is 7.89. The summed E-state index contributed by atoms with van der Waals surface area (Å²) in [6, 6.07) is 5.81. The first-order valence-corrected chi connectivity index (χ1v) is 6.42.